The highest BCUT2D eigenvalue weighted by atomic mass is 127. The Balaban J connectivity index is 2.46. The standard InChI is InChI=1S/C11H13IO2/c1-11(2,12)10(13)14-8-9-6-4-3-5-7-9/h3-7H,8H2,1-2H3. The van der Waals surface area contributed by atoms with Gasteiger partial charge in [-0.15, -0.1) is 0 Å². The Hall–Kier alpha value is -0.580. The second-order valence-electron chi connectivity index (χ2n) is 3.53. The molecule has 0 N–H and O–H groups in total. The van der Waals surface area contributed by atoms with Crippen LogP contribution in [0.1, 0.15) is 19.4 Å². The first-order valence-electron chi connectivity index (χ1n) is 4.40. The number of alkyl halides is 1. The third-order valence-electron chi connectivity index (χ3n) is 1.70. The molecule has 0 aromatic heterocycles. The van der Waals surface area contributed by atoms with Crippen LogP contribution in [0.2, 0.25) is 0 Å². The van der Waals surface area contributed by atoms with Gasteiger partial charge in [0.1, 0.15) is 10.0 Å². The van der Waals surface area contributed by atoms with Gasteiger partial charge >= 0.3 is 5.97 Å². The van der Waals surface area contributed by atoms with Crippen molar-refractivity contribution in [3.05, 3.63) is 35.9 Å². The van der Waals surface area contributed by atoms with E-state index in [1.165, 1.54) is 0 Å². The molecule has 0 heterocycles. The molecule has 14 heavy (non-hydrogen) atoms. The Morgan fingerprint density at radius 1 is 1.36 bits per heavy atom. The first kappa shape index (κ1) is 11.5. The maximum atomic E-state index is 11.4. The van der Waals surface area contributed by atoms with Gasteiger partial charge in [0.15, 0.2) is 0 Å². The zero-order valence-electron chi connectivity index (χ0n) is 8.29. The summed E-state index contributed by atoms with van der Waals surface area (Å²) < 4.78 is 4.69. The van der Waals surface area contributed by atoms with Crippen LogP contribution in [0.15, 0.2) is 30.3 Å². The smallest absolute Gasteiger partial charge is 0.321 e. The second-order valence-corrected chi connectivity index (χ2v) is 6.23. The van der Waals surface area contributed by atoms with Crippen molar-refractivity contribution in [1.82, 2.24) is 0 Å². The lowest BCUT2D eigenvalue weighted by molar-refractivity contribution is -0.146. The lowest BCUT2D eigenvalue weighted by Crippen LogP contribution is -2.26. The van der Waals surface area contributed by atoms with Crippen molar-refractivity contribution < 1.29 is 9.53 Å². The van der Waals surface area contributed by atoms with Crippen LogP contribution in [0, 0.1) is 0 Å². The molecule has 0 bridgehead atoms. The first-order valence-corrected chi connectivity index (χ1v) is 5.48. The molecule has 0 saturated heterocycles. The second kappa shape index (κ2) is 4.77. The predicted octanol–water partition coefficient (Wildman–Crippen LogP) is 2.94. The van der Waals surface area contributed by atoms with Gasteiger partial charge in [0.25, 0.3) is 0 Å². The van der Waals surface area contributed by atoms with Crippen LogP contribution >= 0.6 is 22.6 Å². The SMILES string of the molecule is CC(C)(I)C(=O)OCc1ccccc1. The third kappa shape index (κ3) is 3.65. The Morgan fingerprint density at radius 2 is 1.93 bits per heavy atom. The summed E-state index contributed by atoms with van der Waals surface area (Å²) in [5.74, 6) is -0.179. The average molecular weight is 304 g/mol. The third-order valence-corrected chi connectivity index (χ3v) is 2.14. The molecule has 2 nitrogen and oxygen atoms in total. The average Bonchev–Trinajstić information content (AvgIpc) is 2.14. The van der Waals surface area contributed by atoms with E-state index in [0.717, 1.165) is 5.56 Å². The number of halogens is 1. The van der Waals surface area contributed by atoms with Crippen molar-refractivity contribution in [2.45, 2.75) is 23.9 Å². The van der Waals surface area contributed by atoms with E-state index in [0.29, 0.717) is 6.61 Å². The van der Waals surface area contributed by atoms with Gasteiger partial charge in [0.05, 0.1) is 0 Å². The van der Waals surface area contributed by atoms with E-state index in [9.17, 15) is 4.79 Å². The number of rotatable bonds is 3. The molecule has 1 aromatic rings. The molecule has 1 rings (SSSR count). The number of hydrogen-bond acceptors (Lipinski definition) is 2. The summed E-state index contributed by atoms with van der Waals surface area (Å²) in [6.07, 6.45) is 0. The summed E-state index contributed by atoms with van der Waals surface area (Å²) in [5.41, 5.74) is 1.02. The van der Waals surface area contributed by atoms with E-state index < -0.39 is 3.42 Å². The molecule has 0 aliphatic heterocycles. The van der Waals surface area contributed by atoms with Gasteiger partial charge in [-0.2, -0.15) is 0 Å². The molecule has 0 aliphatic carbocycles. The molecule has 0 spiro atoms. The fraction of sp³-hybridized carbons (Fsp3) is 0.364. The molecule has 0 radical (unpaired) electrons. The minimum absolute atomic E-state index is 0.179. The molecule has 3 heteroatoms. The number of benzene rings is 1. The first-order chi connectivity index (χ1) is 6.50. The zero-order valence-corrected chi connectivity index (χ0v) is 10.4. The number of carbonyl (C=O) groups is 1. The Bertz CT molecular complexity index is 301. The van der Waals surface area contributed by atoms with Gasteiger partial charge in [-0.3, -0.25) is 4.79 Å². The quantitative estimate of drug-likeness (QED) is 0.487. The summed E-state index contributed by atoms with van der Waals surface area (Å²) >= 11 is 2.07. The van der Waals surface area contributed by atoms with E-state index in [4.69, 9.17) is 4.74 Å². The van der Waals surface area contributed by atoms with Crippen molar-refractivity contribution in [2.24, 2.45) is 0 Å². The maximum Gasteiger partial charge on any atom is 0.321 e. The van der Waals surface area contributed by atoms with Gasteiger partial charge in [-0.1, -0.05) is 52.9 Å². The van der Waals surface area contributed by atoms with Gasteiger partial charge in [0.2, 0.25) is 0 Å². The van der Waals surface area contributed by atoms with Crippen LogP contribution in [-0.4, -0.2) is 9.39 Å². The summed E-state index contributed by atoms with van der Waals surface area (Å²) in [4.78, 5) is 11.4. The van der Waals surface area contributed by atoms with Crippen molar-refractivity contribution >= 4 is 28.6 Å². The highest BCUT2D eigenvalue weighted by molar-refractivity contribution is 14.1. The summed E-state index contributed by atoms with van der Waals surface area (Å²) in [6, 6.07) is 9.67. The Labute approximate surface area is 97.8 Å². The molecule has 0 saturated carbocycles. The van der Waals surface area contributed by atoms with Gasteiger partial charge in [-0.25, -0.2) is 0 Å². The Morgan fingerprint density at radius 3 is 2.43 bits per heavy atom. The zero-order chi connectivity index (χ0) is 10.6. The minimum atomic E-state index is -0.452. The monoisotopic (exact) mass is 304 g/mol. The van der Waals surface area contributed by atoms with Crippen LogP contribution in [0.5, 0.6) is 0 Å². The largest absolute Gasteiger partial charge is 0.460 e. The molecule has 1 aromatic carbocycles. The van der Waals surface area contributed by atoms with Crippen molar-refractivity contribution in [1.29, 1.82) is 0 Å². The minimum Gasteiger partial charge on any atom is -0.460 e. The Kier molecular flexibility index (Phi) is 3.92. The van der Waals surface area contributed by atoms with Crippen LogP contribution in [0.25, 0.3) is 0 Å². The lowest BCUT2D eigenvalue weighted by Gasteiger charge is -2.14. The molecule has 0 aliphatic rings. The van der Waals surface area contributed by atoms with Crippen molar-refractivity contribution in [3.63, 3.8) is 0 Å². The van der Waals surface area contributed by atoms with Crippen LogP contribution in [0.4, 0.5) is 0 Å². The molecule has 0 atom stereocenters. The van der Waals surface area contributed by atoms with Gasteiger partial charge in [-0.05, 0) is 19.4 Å². The van der Waals surface area contributed by atoms with Gasteiger partial charge in [0, 0.05) is 0 Å². The van der Waals surface area contributed by atoms with Gasteiger partial charge < -0.3 is 4.74 Å². The van der Waals surface area contributed by atoms with E-state index in [-0.39, 0.29) is 5.97 Å². The number of carbonyl (C=O) groups excluding carboxylic acids is 1. The molecule has 76 valence electrons. The summed E-state index contributed by atoms with van der Waals surface area (Å²) in [7, 11) is 0. The van der Waals surface area contributed by atoms with E-state index >= 15 is 0 Å². The number of hydrogen-bond donors (Lipinski definition) is 0. The molecule has 0 fully saturated rings. The summed E-state index contributed by atoms with van der Waals surface area (Å²) in [6.45, 7) is 4.02. The highest BCUT2D eigenvalue weighted by Gasteiger charge is 2.25. The highest BCUT2D eigenvalue weighted by Crippen LogP contribution is 2.19. The van der Waals surface area contributed by atoms with Crippen molar-refractivity contribution in [3.8, 4) is 0 Å². The van der Waals surface area contributed by atoms with E-state index in [1.807, 2.05) is 44.2 Å². The lowest BCUT2D eigenvalue weighted by atomic mass is 10.2. The molecule has 0 amide bonds. The fourth-order valence-electron chi connectivity index (χ4n) is 0.895. The summed E-state index contributed by atoms with van der Waals surface area (Å²) in [5, 5.41) is 0. The van der Waals surface area contributed by atoms with E-state index in [1.54, 1.807) is 0 Å². The van der Waals surface area contributed by atoms with E-state index in [2.05, 4.69) is 22.6 Å². The normalized spacial score (nSPS) is 11.1. The maximum absolute atomic E-state index is 11.4. The van der Waals surface area contributed by atoms with Crippen LogP contribution < -0.4 is 0 Å². The topological polar surface area (TPSA) is 26.3 Å². The van der Waals surface area contributed by atoms with Crippen LogP contribution in [0.3, 0.4) is 0 Å². The fourth-order valence-corrected chi connectivity index (χ4v) is 1.05. The van der Waals surface area contributed by atoms with Crippen LogP contribution in [-0.2, 0) is 16.1 Å². The predicted molar refractivity (Wildman–Crippen MR) is 64.3 cm³/mol. The van der Waals surface area contributed by atoms with Crippen molar-refractivity contribution in [2.75, 3.05) is 0 Å². The molecule has 0 unspecified atom stereocenters. The molecular formula is C11H13IO2. The molecular weight excluding hydrogens is 291 g/mol. The number of ether oxygens (including phenoxy) is 1. The number of esters is 1.